The summed E-state index contributed by atoms with van der Waals surface area (Å²) >= 11 is 7.12. The standard InChI is InChI=1S/C12H18N2OS2/c1-13-12(16)14(8-10-4-2-6-15-10)9-11-5-3-7-17-11/h3,5,7,10H,2,4,6,8-9H2,1H3,(H,13,16)/t10-/m0/s1. The molecule has 1 fully saturated rings. The molecule has 0 aliphatic carbocycles. The fourth-order valence-electron chi connectivity index (χ4n) is 2.00. The highest BCUT2D eigenvalue weighted by Gasteiger charge is 2.20. The molecule has 2 rings (SSSR count). The molecule has 1 aromatic rings. The maximum Gasteiger partial charge on any atom is 0.169 e. The Morgan fingerprint density at radius 2 is 2.59 bits per heavy atom. The van der Waals surface area contributed by atoms with Gasteiger partial charge in [-0.1, -0.05) is 6.07 Å². The van der Waals surface area contributed by atoms with E-state index in [-0.39, 0.29) is 0 Å². The molecule has 0 amide bonds. The van der Waals surface area contributed by atoms with E-state index in [4.69, 9.17) is 17.0 Å². The van der Waals surface area contributed by atoms with Crippen LogP contribution in [0.5, 0.6) is 0 Å². The van der Waals surface area contributed by atoms with Gasteiger partial charge in [0.15, 0.2) is 5.11 Å². The van der Waals surface area contributed by atoms with Crippen LogP contribution in [0.3, 0.4) is 0 Å². The highest BCUT2D eigenvalue weighted by atomic mass is 32.1. The van der Waals surface area contributed by atoms with Gasteiger partial charge >= 0.3 is 0 Å². The SMILES string of the molecule is CNC(=S)N(Cc1cccs1)C[C@@H]1CCCO1. The van der Waals surface area contributed by atoms with Crippen LogP contribution < -0.4 is 5.32 Å². The van der Waals surface area contributed by atoms with E-state index in [0.29, 0.717) is 6.10 Å². The van der Waals surface area contributed by atoms with Gasteiger partial charge in [0.1, 0.15) is 0 Å². The number of hydrogen-bond donors (Lipinski definition) is 1. The lowest BCUT2D eigenvalue weighted by Gasteiger charge is -2.26. The van der Waals surface area contributed by atoms with E-state index in [1.807, 2.05) is 7.05 Å². The van der Waals surface area contributed by atoms with Crippen LogP contribution in [-0.4, -0.2) is 36.3 Å². The van der Waals surface area contributed by atoms with E-state index in [1.165, 1.54) is 11.3 Å². The average Bonchev–Trinajstić information content (AvgIpc) is 3.00. The van der Waals surface area contributed by atoms with Crippen LogP contribution in [0.25, 0.3) is 0 Å². The van der Waals surface area contributed by atoms with E-state index >= 15 is 0 Å². The first-order valence-electron chi connectivity index (χ1n) is 5.90. The molecule has 0 unspecified atom stereocenters. The van der Waals surface area contributed by atoms with Crippen molar-refractivity contribution >= 4 is 28.7 Å². The van der Waals surface area contributed by atoms with Gasteiger partial charge in [0.2, 0.25) is 0 Å². The lowest BCUT2D eigenvalue weighted by atomic mass is 10.2. The Labute approximate surface area is 112 Å². The molecule has 17 heavy (non-hydrogen) atoms. The lowest BCUT2D eigenvalue weighted by molar-refractivity contribution is 0.0900. The van der Waals surface area contributed by atoms with Crippen molar-refractivity contribution in [2.75, 3.05) is 20.2 Å². The molecule has 1 aromatic heterocycles. The minimum absolute atomic E-state index is 0.335. The number of rotatable bonds is 4. The van der Waals surface area contributed by atoms with Crippen LogP contribution in [0.2, 0.25) is 0 Å². The lowest BCUT2D eigenvalue weighted by Crippen LogP contribution is -2.41. The first kappa shape index (κ1) is 12.8. The first-order valence-corrected chi connectivity index (χ1v) is 7.19. The molecule has 1 aliphatic heterocycles. The Morgan fingerprint density at radius 1 is 1.71 bits per heavy atom. The molecule has 1 aliphatic rings. The van der Waals surface area contributed by atoms with Crippen molar-refractivity contribution in [1.82, 2.24) is 10.2 Å². The molecule has 0 aromatic carbocycles. The fourth-order valence-corrected chi connectivity index (χ4v) is 2.86. The number of thiophene rings is 1. The molecule has 2 heterocycles. The maximum atomic E-state index is 5.67. The van der Waals surface area contributed by atoms with Gasteiger partial charge in [-0.05, 0) is 36.5 Å². The summed E-state index contributed by atoms with van der Waals surface area (Å²) < 4.78 is 5.67. The summed E-state index contributed by atoms with van der Waals surface area (Å²) in [6.07, 6.45) is 2.65. The predicted molar refractivity (Wildman–Crippen MR) is 75.4 cm³/mol. The van der Waals surface area contributed by atoms with Crippen molar-refractivity contribution in [3.8, 4) is 0 Å². The summed E-state index contributed by atoms with van der Waals surface area (Å²) in [7, 11) is 1.87. The largest absolute Gasteiger partial charge is 0.376 e. The fraction of sp³-hybridized carbons (Fsp3) is 0.583. The zero-order valence-corrected chi connectivity index (χ0v) is 11.6. The average molecular weight is 270 g/mol. The van der Waals surface area contributed by atoms with Gasteiger partial charge in [-0.15, -0.1) is 11.3 Å². The molecular formula is C12H18N2OS2. The van der Waals surface area contributed by atoms with Crippen LogP contribution in [-0.2, 0) is 11.3 Å². The van der Waals surface area contributed by atoms with E-state index in [0.717, 1.165) is 31.2 Å². The van der Waals surface area contributed by atoms with Crippen LogP contribution >= 0.6 is 23.6 Å². The minimum Gasteiger partial charge on any atom is -0.376 e. The van der Waals surface area contributed by atoms with Gasteiger partial charge in [0.25, 0.3) is 0 Å². The van der Waals surface area contributed by atoms with E-state index in [9.17, 15) is 0 Å². The van der Waals surface area contributed by atoms with Gasteiger partial charge in [0.05, 0.1) is 12.6 Å². The van der Waals surface area contributed by atoms with Crippen molar-refractivity contribution in [2.45, 2.75) is 25.5 Å². The smallest absolute Gasteiger partial charge is 0.169 e. The number of thiocarbonyl (C=S) groups is 1. The molecule has 0 saturated carbocycles. The monoisotopic (exact) mass is 270 g/mol. The molecule has 3 nitrogen and oxygen atoms in total. The summed E-state index contributed by atoms with van der Waals surface area (Å²) in [6.45, 7) is 2.65. The Hall–Kier alpha value is -0.650. The minimum atomic E-state index is 0.335. The second kappa shape index (κ2) is 6.33. The Bertz CT molecular complexity index is 347. The van der Waals surface area contributed by atoms with Crippen molar-refractivity contribution in [3.63, 3.8) is 0 Å². The highest BCUT2D eigenvalue weighted by Crippen LogP contribution is 2.17. The number of ether oxygens (including phenoxy) is 1. The van der Waals surface area contributed by atoms with Gasteiger partial charge < -0.3 is 15.0 Å². The second-order valence-electron chi connectivity index (χ2n) is 4.15. The molecule has 1 N–H and O–H groups in total. The summed E-state index contributed by atoms with van der Waals surface area (Å²) in [6, 6.07) is 4.22. The number of nitrogens with zero attached hydrogens (tertiary/aromatic N) is 1. The Balaban J connectivity index is 1.94. The molecule has 0 radical (unpaired) electrons. The van der Waals surface area contributed by atoms with E-state index in [1.54, 1.807) is 11.3 Å². The zero-order chi connectivity index (χ0) is 12.1. The van der Waals surface area contributed by atoms with E-state index < -0.39 is 0 Å². The summed E-state index contributed by atoms with van der Waals surface area (Å²) in [5.41, 5.74) is 0. The second-order valence-corrected chi connectivity index (χ2v) is 5.57. The van der Waals surface area contributed by atoms with Gasteiger partial charge in [-0.3, -0.25) is 0 Å². The molecule has 5 heteroatoms. The molecule has 94 valence electrons. The van der Waals surface area contributed by atoms with Crippen LogP contribution in [0, 0.1) is 0 Å². The van der Waals surface area contributed by atoms with Crippen molar-refractivity contribution < 1.29 is 4.74 Å². The maximum absolute atomic E-state index is 5.67. The zero-order valence-electron chi connectivity index (χ0n) is 10.0. The quantitative estimate of drug-likeness (QED) is 0.848. The molecular weight excluding hydrogens is 252 g/mol. The van der Waals surface area contributed by atoms with Crippen molar-refractivity contribution in [2.24, 2.45) is 0 Å². The molecule has 0 bridgehead atoms. The van der Waals surface area contributed by atoms with Gasteiger partial charge in [-0.2, -0.15) is 0 Å². The highest BCUT2D eigenvalue weighted by molar-refractivity contribution is 7.80. The first-order chi connectivity index (χ1) is 8.29. The molecule has 1 atom stereocenters. The predicted octanol–water partition coefficient (Wildman–Crippen LogP) is 2.23. The normalized spacial score (nSPS) is 19.2. The van der Waals surface area contributed by atoms with Gasteiger partial charge in [-0.25, -0.2) is 0 Å². The summed E-state index contributed by atoms with van der Waals surface area (Å²) in [4.78, 5) is 3.53. The third kappa shape index (κ3) is 3.66. The Kier molecular flexibility index (Phi) is 4.76. The van der Waals surface area contributed by atoms with E-state index in [2.05, 4.69) is 27.7 Å². The number of nitrogens with one attached hydrogen (secondary N) is 1. The van der Waals surface area contributed by atoms with Crippen LogP contribution in [0.4, 0.5) is 0 Å². The summed E-state index contributed by atoms with van der Waals surface area (Å²) in [5.74, 6) is 0. The number of hydrogen-bond acceptors (Lipinski definition) is 3. The van der Waals surface area contributed by atoms with Gasteiger partial charge in [0, 0.05) is 25.1 Å². The van der Waals surface area contributed by atoms with Crippen LogP contribution in [0.1, 0.15) is 17.7 Å². The topological polar surface area (TPSA) is 24.5 Å². The van der Waals surface area contributed by atoms with Crippen molar-refractivity contribution in [3.05, 3.63) is 22.4 Å². The van der Waals surface area contributed by atoms with Crippen LogP contribution in [0.15, 0.2) is 17.5 Å². The third-order valence-corrected chi connectivity index (χ3v) is 4.20. The van der Waals surface area contributed by atoms with Crippen molar-refractivity contribution in [1.29, 1.82) is 0 Å². The molecule has 1 saturated heterocycles. The molecule has 0 spiro atoms. The third-order valence-electron chi connectivity index (χ3n) is 2.88. The summed E-state index contributed by atoms with van der Waals surface area (Å²) in [5, 5.41) is 5.96. The Morgan fingerprint density at radius 3 is 3.18 bits per heavy atom.